The molecule has 11 heavy (non-hydrogen) atoms. The van der Waals surface area contributed by atoms with E-state index >= 15 is 0 Å². The fraction of sp³-hybridized carbons (Fsp3) is 0.857. The van der Waals surface area contributed by atoms with Gasteiger partial charge in [0.05, 0.1) is 6.61 Å². The number of hydrogen-bond acceptors (Lipinski definition) is 4. The molecular weight excluding hydrogens is 146 g/mol. The van der Waals surface area contributed by atoms with Crippen molar-refractivity contribution in [1.29, 1.82) is 0 Å². The van der Waals surface area contributed by atoms with Crippen molar-refractivity contribution in [3.63, 3.8) is 0 Å². The van der Waals surface area contributed by atoms with Gasteiger partial charge in [-0.3, -0.25) is 4.84 Å². The second-order valence-corrected chi connectivity index (χ2v) is 2.51. The molecule has 0 saturated carbocycles. The SMILES string of the molecule is CCC(C)COC(=O)CON. The minimum atomic E-state index is -0.409. The summed E-state index contributed by atoms with van der Waals surface area (Å²) in [6.45, 7) is 4.32. The zero-order chi connectivity index (χ0) is 8.69. The van der Waals surface area contributed by atoms with Crippen molar-refractivity contribution in [3.8, 4) is 0 Å². The summed E-state index contributed by atoms with van der Waals surface area (Å²) < 4.78 is 4.79. The zero-order valence-corrected chi connectivity index (χ0v) is 7.00. The number of hydrogen-bond donors (Lipinski definition) is 1. The van der Waals surface area contributed by atoms with Gasteiger partial charge in [-0.05, 0) is 5.92 Å². The van der Waals surface area contributed by atoms with E-state index in [4.69, 9.17) is 4.74 Å². The van der Waals surface area contributed by atoms with E-state index in [2.05, 4.69) is 10.7 Å². The third-order valence-corrected chi connectivity index (χ3v) is 1.43. The van der Waals surface area contributed by atoms with Crippen LogP contribution < -0.4 is 5.90 Å². The third-order valence-electron chi connectivity index (χ3n) is 1.43. The maximum atomic E-state index is 10.6. The lowest BCUT2D eigenvalue weighted by atomic mass is 10.1. The minimum Gasteiger partial charge on any atom is -0.464 e. The van der Waals surface area contributed by atoms with Crippen molar-refractivity contribution in [2.75, 3.05) is 13.2 Å². The van der Waals surface area contributed by atoms with E-state index in [9.17, 15) is 4.79 Å². The van der Waals surface area contributed by atoms with Crippen LogP contribution in [0.5, 0.6) is 0 Å². The molecule has 0 spiro atoms. The minimum absolute atomic E-state index is 0.170. The monoisotopic (exact) mass is 161 g/mol. The van der Waals surface area contributed by atoms with E-state index in [1.54, 1.807) is 0 Å². The fourth-order valence-electron chi connectivity index (χ4n) is 0.463. The van der Waals surface area contributed by atoms with E-state index in [1.165, 1.54) is 0 Å². The number of ether oxygens (including phenoxy) is 1. The summed E-state index contributed by atoms with van der Waals surface area (Å²) in [5.41, 5.74) is 0. The highest BCUT2D eigenvalue weighted by atomic mass is 16.6. The van der Waals surface area contributed by atoms with E-state index < -0.39 is 5.97 Å². The van der Waals surface area contributed by atoms with Crippen molar-refractivity contribution < 1.29 is 14.4 Å². The standard InChI is InChI=1S/C7H15NO3/c1-3-6(2)4-10-7(9)5-11-8/h6H,3-5,8H2,1-2H3. The lowest BCUT2D eigenvalue weighted by Gasteiger charge is -2.08. The molecule has 0 fully saturated rings. The topological polar surface area (TPSA) is 61.5 Å². The summed E-state index contributed by atoms with van der Waals surface area (Å²) in [5, 5.41) is 0. The van der Waals surface area contributed by atoms with Gasteiger partial charge >= 0.3 is 5.97 Å². The quantitative estimate of drug-likeness (QED) is 0.470. The Morgan fingerprint density at radius 1 is 1.64 bits per heavy atom. The summed E-state index contributed by atoms with van der Waals surface area (Å²) in [7, 11) is 0. The highest BCUT2D eigenvalue weighted by molar-refractivity contribution is 5.70. The van der Waals surface area contributed by atoms with Gasteiger partial charge in [-0.1, -0.05) is 20.3 Å². The number of carbonyl (C=O) groups excluding carboxylic acids is 1. The molecule has 0 aromatic carbocycles. The van der Waals surface area contributed by atoms with Crippen LogP contribution in [0.4, 0.5) is 0 Å². The second-order valence-electron chi connectivity index (χ2n) is 2.51. The molecule has 0 bridgehead atoms. The van der Waals surface area contributed by atoms with Gasteiger partial charge in [-0.25, -0.2) is 10.7 Å². The lowest BCUT2D eigenvalue weighted by Crippen LogP contribution is -2.18. The molecular formula is C7H15NO3. The van der Waals surface area contributed by atoms with Gasteiger partial charge in [0, 0.05) is 0 Å². The molecule has 66 valence electrons. The Hall–Kier alpha value is -0.610. The fourth-order valence-corrected chi connectivity index (χ4v) is 0.463. The molecule has 0 aliphatic heterocycles. The van der Waals surface area contributed by atoms with Crippen LogP contribution in [0, 0.1) is 5.92 Å². The Bertz CT molecular complexity index is 116. The van der Waals surface area contributed by atoms with Crippen LogP contribution in [0.25, 0.3) is 0 Å². The number of nitrogens with two attached hydrogens (primary N) is 1. The highest BCUT2D eigenvalue weighted by Crippen LogP contribution is 2.00. The number of rotatable bonds is 5. The largest absolute Gasteiger partial charge is 0.464 e. The second kappa shape index (κ2) is 6.12. The summed E-state index contributed by atoms with van der Waals surface area (Å²) in [5.74, 6) is 4.66. The van der Waals surface area contributed by atoms with Gasteiger partial charge in [0.1, 0.15) is 0 Å². The summed E-state index contributed by atoms with van der Waals surface area (Å²) in [6.07, 6.45) is 0.997. The molecule has 1 atom stereocenters. The Balaban J connectivity index is 3.30. The summed E-state index contributed by atoms with van der Waals surface area (Å²) in [6, 6.07) is 0. The van der Waals surface area contributed by atoms with E-state index in [-0.39, 0.29) is 6.61 Å². The van der Waals surface area contributed by atoms with E-state index in [1.807, 2.05) is 13.8 Å². The van der Waals surface area contributed by atoms with Gasteiger partial charge in [-0.2, -0.15) is 0 Å². The smallest absolute Gasteiger partial charge is 0.334 e. The van der Waals surface area contributed by atoms with Crippen molar-refractivity contribution in [3.05, 3.63) is 0 Å². The molecule has 0 aromatic heterocycles. The van der Waals surface area contributed by atoms with Crippen LogP contribution in [-0.4, -0.2) is 19.2 Å². The molecule has 0 heterocycles. The van der Waals surface area contributed by atoms with Crippen LogP contribution in [0.3, 0.4) is 0 Å². The van der Waals surface area contributed by atoms with E-state index in [0.29, 0.717) is 12.5 Å². The average Bonchev–Trinajstić information content (AvgIpc) is 2.01. The van der Waals surface area contributed by atoms with Gasteiger partial charge < -0.3 is 4.74 Å². The first kappa shape index (κ1) is 10.4. The molecule has 0 saturated heterocycles. The molecule has 0 radical (unpaired) electrons. The van der Waals surface area contributed by atoms with Crippen molar-refractivity contribution in [2.24, 2.45) is 11.8 Å². The maximum Gasteiger partial charge on any atom is 0.334 e. The van der Waals surface area contributed by atoms with Gasteiger partial charge in [0.2, 0.25) is 0 Å². The molecule has 0 aromatic rings. The average molecular weight is 161 g/mol. The molecule has 0 rings (SSSR count). The van der Waals surface area contributed by atoms with Crippen LogP contribution in [-0.2, 0) is 14.4 Å². The van der Waals surface area contributed by atoms with Crippen LogP contribution in [0.1, 0.15) is 20.3 Å². The predicted octanol–water partition coefficient (Wildman–Crippen LogP) is 0.466. The van der Waals surface area contributed by atoms with E-state index in [0.717, 1.165) is 6.42 Å². The first-order valence-corrected chi connectivity index (χ1v) is 3.68. The van der Waals surface area contributed by atoms with Crippen molar-refractivity contribution in [1.82, 2.24) is 0 Å². The molecule has 4 nitrogen and oxygen atoms in total. The summed E-state index contributed by atoms with van der Waals surface area (Å²) in [4.78, 5) is 14.7. The normalized spacial score (nSPS) is 12.6. The highest BCUT2D eigenvalue weighted by Gasteiger charge is 2.04. The van der Waals surface area contributed by atoms with Crippen LogP contribution in [0.15, 0.2) is 0 Å². The Labute approximate surface area is 66.6 Å². The first-order chi connectivity index (χ1) is 5.20. The Morgan fingerprint density at radius 2 is 2.27 bits per heavy atom. The molecule has 4 heteroatoms. The maximum absolute atomic E-state index is 10.6. The number of carbonyl (C=O) groups is 1. The Morgan fingerprint density at radius 3 is 2.73 bits per heavy atom. The molecule has 0 aliphatic carbocycles. The van der Waals surface area contributed by atoms with Gasteiger partial charge in [0.15, 0.2) is 6.61 Å². The zero-order valence-electron chi connectivity index (χ0n) is 7.00. The summed E-state index contributed by atoms with van der Waals surface area (Å²) >= 11 is 0. The Kier molecular flexibility index (Phi) is 5.78. The lowest BCUT2D eigenvalue weighted by molar-refractivity contribution is -0.150. The number of esters is 1. The van der Waals surface area contributed by atoms with Crippen molar-refractivity contribution >= 4 is 5.97 Å². The van der Waals surface area contributed by atoms with Gasteiger partial charge in [0.25, 0.3) is 0 Å². The van der Waals surface area contributed by atoms with Crippen LogP contribution >= 0.6 is 0 Å². The first-order valence-electron chi connectivity index (χ1n) is 3.68. The molecule has 0 aliphatic rings. The van der Waals surface area contributed by atoms with Crippen molar-refractivity contribution in [2.45, 2.75) is 20.3 Å². The molecule has 2 N–H and O–H groups in total. The van der Waals surface area contributed by atoms with Crippen LogP contribution in [0.2, 0.25) is 0 Å². The van der Waals surface area contributed by atoms with Gasteiger partial charge in [-0.15, -0.1) is 0 Å². The molecule has 0 amide bonds. The molecule has 1 unspecified atom stereocenters. The predicted molar refractivity (Wildman–Crippen MR) is 40.6 cm³/mol. The third kappa shape index (κ3) is 5.82.